The molecule has 0 spiro atoms. The van der Waals surface area contributed by atoms with E-state index in [1.807, 2.05) is 5.38 Å². The van der Waals surface area contributed by atoms with Crippen molar-refractivity contribution in [2.45, 2.75) is 12.6 Å². The smallest absolute Gasteiger partial charge is 0.245 e. The molecule has 7 nitrogen and oxygen atoms in total. The molecule has 1 atom stereocenters. The zero-order valence-electron chi connectivity index (χ0n) is 12.3. The Kier molecular flexibility index (Phi) is 10.9. The molecule has 1 fully saturated rings. The molecule has 1 aliphatic heterocycles. The molecule has 10 heteroatoms. The molecule has 1 saturated heterocycles. The molecule has 0 radical (unpaired) electrons. The molecule has 1 aromatic heterocycles. The van der Waals surface area contributed by atoms with Gasteiger partial charge in [0.25, 0.3) is 0 Å². The molecular formula is C12H22Cl2N4O3S. The lowest BCUT2D eigenvalue weighted by Gasteiger charge is -2.25. The summed E-state index contributed by atoms with van der Waals surface area (Å²) in [6.07, 6.45) is 0. The van der Waals surface area contributed by atoms with Crippen LogP contribution in [0.2, 0.25) is 0 Å². The van der Waals surface area contributed by atoms with Crippen LogP contribution in [0.1, 0.15) is 5.69 Å². The lowest BCUT2D eigenvalue weighted by atomic mass is 10.3. The minimum absolute atomic E-state index is 0. The summed E-state index contributed by atoms with van der Waals surface area (Å²) in [6, 6.07) is -0.674. The van der Waals surface area contributed by atoms with Gasteiger partial charge in [0.15, 0.2) is 5.13 Å². The molecule has 0 aliphatic carbocycles. The third-order valence-electron chi connectivity index (χ3n) is 2.95. The zero-order chi connectivity index (χ0) is 14.4. The number of nitrogens with two attached hydrogens (primary N) is 1. The average molecular weight is 373 g/mol. The van der Waals surface area contributed by atoms with Crippen LogP contribution in [0, 0.1) is 0 Å². The summed E-state index contributed by atoms with van der Waals surface area (Å²) in [5.74, 6) is -0.279. The van der Waals surface area contributed by atoms with Crippen molar-refractivity contribution < 1.29 is 14.3 Å². The minimum atomic E-state index is -0.674. The number of methoxy groups -OCH3 is 1. The molecular weight excluding hydrogens is 351 g/mol. The number of hydrogen-bond acceptors (Lipinski definition) is 7. The fourth-order valence-electron chi connectivity index (χ4n) is 1.88. The molecule has 128 valence electrons. The van der Waals surface area contributed by atoms with Gasteiger partial charge >= 0.3 is 0 Å². The van der Waals surface area contributed by atoms with Gasteiger partial charge in [-0.05, 0) is 0 Å². The zero-order valence-corrected chi connectivity index (χ0v) is 14.8. The van der Waals surface area contributed by atoms with E-state index in [1.165, 1.54) is 18.4 Å². The number of ether oxygens (including phenoxy) is 2. The largest absolute Gasteiger partial charge is 0.383 e. The Labute approximate surface area is 146 Å². The van der Waals surface area contributed by atoms with Crippen LogP contribution in [0.4, 0.5) is 5.13 Å². The third-order valence-corrected chi connectivity index (χ3v) is 3.76. The van der Waals surface area contributed by atoms with E-state index in [-0.39, 0.29) is 37.3 Å². The second-order valence-electron chi connectivity index (χ2n) is 4.58. The fraction of sp³-hybridized carbons (Fsp3) is 0.667. The quantitative estimate of drug-likeness (QED) is 0.764. The SMILES string of the molecule is COCC(N)C(=O)Nc1nc(CN2CCOCC2)cs1.Cl.Cl. The maximum Gasteiger partial charge on any atom is 0.245 e. The predicted molar refractivity (Wildman–Crippen MR) is 91.2 cm³/mol. The van der Waals surface area contributed by atoms with Gasteiger partial charge in [0.05, 0.1) is 25.5 Å². The highest BCUT2D eigenvalue weighted by Gasteiger charge is 2.16. The molecule has 0 aromatic carbocycles. The highest BCUT2D eigenvalue weighted by atomic mass is 35.5. The number of morpholine rings is 1. The Hall–Kier alpha value is -0.480. The third kappa shape index (κ3) is 6.74. The molecule has 2 heterocycles. The van der Waals surface area contributed by atoms with Crippen molar-refractivity contribution in [2.24, 2.45) is 5.73 Å². The van der Waals surface area contributed by atoms with Gasteiger partial charge in [0.1, 0.15) is 6.04 Å². The molecule has 1 unspecified atom stereocenters. The summed E-state index contributed by atoms with van der Waals surface area (Å²) in [5.41, 5.74) is 6.60. The first-order valence-electron chi connectivity index (χ1n) is 6.49. The first-order chi connectivity index (χ1) is 9.69. The van der Waals surface area contributed by atoms with Gasteiger partial charge in [-0.1, -0.05) is 0 Å². The molecule has 1 amide bonds. The molecule has 0 bridgehead atoms. The molecule has 22 heavy (non-hydrogen) atoms. The number of hydrogen-bond donors (Lipinski definition) is 2. The Morgan fingerprint density at radius 1 is 1.55 bits per heavy atom. The molecule has 1 aromatic rings. The summed E-state index contributed by atoms with van der Waals surface area (Å²) < 4.78 is 10.1. The number of nitrogens with zero attached hydrogens (tertiary/aromatic N) is 2. The fourth-order valence-corrected chi connectivity index (χ4v) is 2.58. The van der Waals surface area contributed by atoms with Crippen molar-refractivity contribution in [3.63, 3.8) is 0 Å². The summed E-state index contributed by atoms with van der Waals surface area (Å²) in [5, 5.41) is 5.23. The van der Waals surface area contributed by atoms with E-state index < -0.39 is 6.04 Å². The number of nitrogens with one attached hydrogen (secondary N) is 1. The van der Waals surface area contributed by atoms with Crippen LogP contribution >= 0.6 is 36.2 Å². The van der Waals surface area contributed by atoms with E-state index in [0.29, 0.717) is 5.13 Å². The molecule has 1 aliphatic rings. The summed E-state index contributed by atoms with van der Waals surface area (Å²) in [6.45, 7) is 4.33. The van der Waals surface area contributed by atoms with Crippen molar-refractivity contribution in [2.75, 3.05) is 45.3 Å². The van der Waals surface area contributed by atoms with E-state index in [0.717, 1.165) is 38.5 Å². The van der Waals surface area contributed by atoms with E-state index in [1.54, 1.807) is 0 Å². The Bertz CT molecular complexity index is 444. The topological polar surface area (TPSA) is 89.7 Å². The number of rotatable bonds is 6. The van der Waals surface area contributed by atoms with Gasteiger partial charge in [-0.25, -0.2) is 4.98 Å². The highest BCUT2D eigenvalue weighted by Crippen LogP contribution is 2.17. The summed E-state index contributed by atoms with van der Waals surface area (Å²) >= 11 is 1.40. The van der Waals surface area contributed by atoms with Crippen LogP contribution in [0.15, 0.2) is 5.38 Å². The molecule has 0 saturated carbocycles. The maximum absolute atomic E-state index is 11.7. The van der Waals surface area contributed by atoms with E-state index in [4.69, 9.17) is 15.2 Å². The summed E-state index contributed by atoms with van der Waals surface area (Å²) in [4.78, 5) is 18.4. The van der Waals surface area contributed by atoms with E-state index in [9.17, 15) is 4.79 Å². The van der Waals surface area contributed by atoms with Crippen LogP contribution in [-0.4, -0.2) is 61.9 Å². The Balaban J connectivity index is 0.00000220. The van der Waals surface area contributed by atoms with Gasteiger partial charge in [0.2, 0.25) is 5.91 Å². The van der Waals surface area contributed by atoms with E-state index in [2.05, 4.69) is 15.2 Å². The van der Waals surface area contributed by atoms with E-state index >= 15 is 0 Å². The van der Waals surface area contributed by atoms with Crippen molar-refractivity contribution in [1.29, 1.82) is 0 Å². The number of carbonyl (C=O) groups excluding carboxylic acids is 1. The maximum atomic E-state index is 11.7. The lowest BCUT2D eigenvalue weighted by Crippen LogP contribution is -2.39. The highest BCUT2D eigenvalue weighted by molar-refractivity contribution is 7.13. The number of thiazole rings is 1. The van der Waals surface area contributed by atoms with Crippen molar-refractivity contribution in [1.82, 2.24) is 9.88 Å². The number of carbonyl (C=O) groups is 1. The van der Waals surface area contributed by atoms with Gasteiger partial charge in [0, 0.05) is 32.1 Å². The lowest BCUT2D eigenvalue weighted by molar-refractivity contribution is -0.118. The number of aromatic nitrogens is 1. The van der Waals surface area contributed by atoms with Crippen molar-refractivity contribution in [3.05, 3.63) is 11.1 Å². The van der Waals surface area contributed by atoms with Crippen LogP contribution in [0.25, 0.3) is 0 Å². The van der Waals surface area contributed by atoms with Crippen LogP contribution < -0.4 is 11.1 Å². The van der Waals surface area contributed by atoms with Crippen LogP contribution in [0.5, 0.6) is 0 Å². The van der Waals surface area contributed by atoms with Gasteiger partial charge in [-0.2, -0.15) is 0 Å². The first-order valence-corrected chi connectivity index (χ1v) is 7.37. The normalized spacial score (nSPS) is 16.3. The summed E-state index contributed by atoms with van der Waals surface area (Å²) in [7, 11) is 1.51. The first kappa shape index (κ1) is 21.5. The van der Waals surface area contributed by atoms with Crippen molar-refractivity contribution >= 4 is 47.2 Å². The average Bonchev–Trinajstić information content (AvgIpc) is 2.87. The van der Waals surface area contributed by atoms with Crippen molar-refractivity contribution in [3.8, 4) is 0 Å². The Morgan fingerprint density at radius 3 is 2.86 bits per heavy atom. The van der Waals surface area contributed by atoms with Gasteiger partial charge < -0.3 is 20.5 Å². The Morgan fingerprint density at radius 2 is 2.23 bits per heavy atom. The van der Waals surface area contributed by atoms with Crippen LogP contribution in [0.3, 0.4) is 0 Å². The monoisotopic (exact) mass is 372 g/mol. The second-order valence-corrected chi connectivity index (χ2v) is 5.44. The van der Waals surface area contributed by atoms with Crippen LogP contribution in [-0.2, 0) is 20.8 Å². The van der Waals surface area contributed by atoms with Gasteiger partial charge in [-0.3, -0.25) is 9.69 Å². The molecule has 3 N–H and O–H groups in total. The number of amides is 1. The standard InChI is InChI=1S/C12H20N4O3S.2ClH/c1-18-7-10(13)11(17)15-12-14-9(8-20-12)6-16-2-4-19-5-3-16;;/h8,10H,2-7,13H2,1H3,(H,14,15,17);2*1H. The van der Waals surface area contributed by atoms with Gasteiger partial charge in [-0.15, -0.1) is 36.2 Å². The molecule has 2 rings (SSSR count). The second kappa shape index (κ2) is 11.1. The minimum Gasteiger partial charge on any atom is -0.383 e. The number of anilines is 1. The number of halogens is 2. The predicted octanol–water partition coefficient (Wildman–Crippen LogP) is 0.731.